The maximum atomic E-state index is 13.5. The van der Waals surface area contributed by atoms with Gasteiger partial charge in [0.15, 0.2) is 11.3 Å². The van der Waals surface area contributed by atoms with Gasteiger partial charge in [0.1, 0.15) is 11.4 Å². The molecule has 0 saturated heterocycles. The number of nitrogens with one attached hydrogen (secondary N) is 2. The van der Waals surface area contributed by atoms with Gasteiger partial charge in [-0.15, -0.1) is 0 Å². The molecule has 1 aliphatic carbocycles. The number of nitrogens with zero attached hydrogens (tertiary/aromatic N) is 7. The summed E-state index contributed by atoms with van der Waals surface area (Å²) < 4.78 is 8.93. The molecule has 0 atom stereocenters. The van der Waals surface area contributed by atoms with Gasteiger partial charge in [-0.25, -0.2) is 14.2 Å². The molecule has 0 unspecified atom stereocenters. The summed E-state index contributed by atoms with van der Waals surface area (Å²) in [6.07, 6.45) is 8.35. The predicted octanol–water partition coefficient (Wildman–Crippen LogP) is 2.73. The van der Waals surface area contributed by atoms with Crippen LogP contribution in [0.15, 0.2) is 55.1 Å². The van der Waals surface area contributed by atoms with Crippen LogP contribution in [0.25, 0.3) is 33.5 Å². The Labute approximate surface area is 240 Å². The van der Waals surface area contributed by atoms with E-state index < -0.39 is 0 Å². The first-order valence-corrected chi connectivity index (χ1v) is 13.5. The van der Waals surface area contributed by atoms with Crippen molar-refractivity contribution in [3.05, 3.63) is 65.8 Å². The summed E-state index contributed by atoms with van der Waals surface area (Å²) in [4.78, 5) is 36.4. The lowest BCUT2D eigenvalue weighted by atomic mass is 9.85. The zero-order valence-electron chi connectivity index (χ0n) is 22.7. The highest BCUT2D eigenvalue weighted by Crippen LogP contribution is 2.33. The van der Waals surface area contributed by atoms with Gasteiger partial charge in [0, 0.05) is 42.7 Å². The Bertz CT molecular complexity index is 1780. The zero-order valence-corrected chi connectivity index (χ0v) is 23.5. The van der Waals surface area contributed by atoms with Crippen molar-refractivity contribution in [2.75, 3.05) is 27.7 Å². The molecule has 0 aliphatic heterocycles. The Kier molecular flexibility index (Phi) is 7.01. The maximum absolute atomic E-state index is 13.5. The lowest BCUT2D eigenvalue weighted by Gasteiger charge is -2.41. The number of hydrogen-bond acceptors (Lipinski definition) is 8. The molecule has 4 aromatic heterocycles. The highest BCUT2D eigenvalue weighted by molar-refractivity contribution is 6.30. The first-order valence-electron chi connectivity index (χ1n) is 13.1. The second-order valence-corrected chi connectivity index (χ2v) is 10.4. The van der Waals surface area contributed by atoms with Crippen molar-refractivity contribution in [1.82, 2.24) is 44.9 Å². The molecule has 2 amide bonds. The Hall–Kier alpha value is -4.55. The van der Waals surface area contributed by atoms with Gasteiger partial charge in [0.05, 0.1) is 42.0 Å². The van der Waals surface area contributed by atoms with Gasteiger partial charge in [-0.1, -0.05) is 11.6 Å². The zero-order chi connectivity index (χ0) is 28.7. The number of rotatable bonds is 8. The number of pyridine rings is 1. The largest absolute Gasteiger partial charge is 0.494 e. The summed E-state index contributed by atoms with van der Waals surface area (Å²) in [6.45, 7) is 0.314. The van der Waals surface area contributed by atoms with E-state index in [2.05, 4.69) is 25.7 Å². The Morgan fingerprint density at radius 1 is 1.20 bits per heavy atom. The predicted molar refractivity (Wildman–Crippen MR) is 153 cm³/mol. The van der Waals surface area contributed by atoms with Gasteiger partial charge >= 0.3 is 0 Å². The van der Waals surface area contributed by atoms with Crippen LogP contribution in [0.3, 0.4) is 0 Å². The van der Waals surface area contributed by atoms with Crippen molar-refractivity contribution < 1.29 is 14.3 Å². The summed E-state index contributed by atoms with van der Waals surface area (Å²) in [5, 5.41) is 15.9. The van der Waals surface area contributed by atoms with Crippen LogP contribution in [0, 0.1) is 0 Å². The van der Waals surface area contributed by atoms with E-state index in [9.17, 15) is 9.59 Å². The minimum atomic E-state index is -0.306. The second kappa shape index (κ2) is 10.8. The van der Waals surface area contributed by atoms with Crippen molar-refractivity contribution in [3.8, 4) is 22.7 Å². The Morgan fingerprint density at radius 2 is 2.02 bits per heavy atom. The van der Waals surface area contributed by atoms with Crippen LogP contribution >= 0.6 is 11.6 Å². The average molecular weight is 574 g/mol. The number of aromatic nitrogens is 6. The van der Waals surface area contributed by atoms with Crippen LogP contribution < -0.4 is 15.4 Å². The summed E-state index contributed by atoms with van der Waals surface area (Å²) in [5.74, 6) is 0.197. The van der Waals surface area contributed by atoms with Gasteiger partial charge in [0.2, 0.25) is 5.91 Å². The first kappa shape index (κ1) is 26.7. The topological polar surface area (TPSA) is 132 Å². The average Bonchev–Trinajstić information content (AvgIpc) is 3.56. The molecule has 6 rings (SSSR count). The third-order valence-corrected chi connectivity index (χ3v) is 7.68. The van der Waals surface area contributed by atoms with Crippen LogP contribution in [0.4, 0.5) is 0 Å². The number of hydrogen-bond donors (Lipinski definition) is 2. The highest BCUT2D eigenvalue weighted by atomic mass is 35.5. The van der Waals surface area contributed by atoms with Crippen LogP contribution in [0.1, 0.15) is 23.3 Å². The number of amides is 2. The third-order valence-electron chi connectivity index (χ3n) is 7.45. The summed E-state index contributed by atoms with van der Waals surface area (Å²) in [7, 11) is 5.10. The quantitative estimate of drug-likeness (QED) is 0.290. The Morgan fingerprint density at radius 3 is 2.80 bits per heavy atom. The number of methoxy groups -OCH3 is 1. The van der Waals surface area contributed by atoms with Gasteiger partial charge in [0.25, 0.3) is 5.91 Å². The van der Waals surface area contributed by atoms with E-state index in [1.54, 1.807) is 66.2 Å². The number of carbonyl (C=O) groups is 2. The van der Waals surface area contributed by atoms with E-state index in [0.717, 1.165) is 18.4 Å². The van der Waals surface area contributed by atoms with Gasteiger partial charge in [-0.3, -0.25) is 19.5 Å². The Balaban J connectivity index is 1.36. The molecule has 210 valence electrons. The minimum Gasteiger partial charge on any atom is -0.494 e. The van der Waals surface area contributed by atoms with Gasteiger partial charge in [-0.05, 0) is 50.2 Å². The van der Waals surface area contributed by atoms with E-state index in [4.69, 9.17) is 21.4 Å². The fourth-order valence-electron chi connectivity index (χ4n) is 5.10. The SMILES string of the molecule is CNC(=O)CN(C)[C@H]1C[C@H](NC(=O)c2nn(-c3cc(Cl)ccc3OC)c3cc(-c4cnn5cccnc45)ncc23)C1. The molecule has 5 aromatic rings. The van der Waals surface area contributed by atoms with E-state index in [0.29, 0.717) is 45.2 Å². The number of halogens is 1. The summed E-state index contributed by atoms with van der Waals surface area (Å²) in [6, 6.07) is 9.07. The molecule has 1 saturated carbocycles. The van der Waals surface area contributed by atoms with Gasteiger partial charge in [-0.2, -0.15) is 10.2 Å². The standard InChI is InChI=1S/C28H28ClN9O3/c1-30-25(39)15-36(2)18-10-17(11-18)34-28(40)26-20-13-32-21(19-14-33-37-8-4-7-31-27(19)37)12-22(20)38(35-26)23-9-16(29)5-6-24(23)41-3/h4-9,12-14,17-18H,10-11,15H2,1-3H3,(H,30,39)(H,34,40)/t17-,18-. The van der Waals surface area contributed by atoms with E-state index in [1.165, 1.54) is 0 Å². The molecule has 0 bridgehead atoms. The maximum Gasteiger partial charge on any atom is 0.272 e. The van der Waals surface area contributed by atoms with Crippen LogP contribution in [0.2, 0.25) is 5.02 Å². The van der Waals surface area contributed by atoms with E-state index in [1.807, 2.05) is 24.2 Å². The molecule has 1 fully saturated rings. The van der Waals surface area contributed by atoms with Crippen molar-refractivity contribution in [2.45, 2.75) is 24.9 Å². The van der Waals surface area contributed by atoms with Crippen LogP contribution in [-0.4, -0.2) is 85.9 Å². The molecule has 1 aliphatic rings. The molecular weight excluding hydrogens is 546 g/mol. The minimum absolute atomic E-state index is 0.0300. The van der Waals surface area contributed by atoms with Crippen molar-refractivity contribution >= 4 is 40.0 Å². The van der Waals surface area contributed by atoms with E-state index in [-0.39, 0.29) is 29.6 Å². The molecule has 0 radical (unpaired) electrons. The number of carbonyl (C=O) groups excluding carboxylic acids is 2. The van der Waals surface area contributed by atoms with Crippen LogP contribution in [-0.2, 0) is 4.79 Å². The van der Waals surface area contributed by atoms with Gasteiger partial charge < -0.3 is 15.4 Å². The fourth-order valence-corrected chi connectivity index (χ4v) is 5.27. The summed E-state index contributed by atoms with van der Waals surface area (Å²) in [5.41, 5.74) is 3.49. The molecule has 2 N–H and O–H groups in total. The summed E-state index contributed by atoms with van der Waals surface area (Å²) >= 11 is 6.36. The van der Waals surface area contributed by atoms with E-state index >= 15 is 0 Å². The van der Waals surface area contributed by atoms with Crippen molar-refractivity contribution in [1.29, 1.82) is 0 Å². The number of fused-ring (bicyclic) bond motifs is 2. The number of likely N-dealkylation sites (N-methyl/N-ethyl adjacent to an activating group) is 2. The number of benzene rings is 1. The molecule has 41 heavy (non-hydrogen) atoms. The highest BCUT2D eigenvalue weighted by Gasteiger charge is 2.34. The molecule has 13 heteroatoms. The smallest absolute Gasteiger partial charge is 0.272 e. The second-order valence-electron chi connectivity index (χ2n) is 9.99. The first-order chi connectivity index (χ1) is 19.9. The molecule has 1 aromatic carbocycles. The lowest BCUT2D eigenvalue weighted by molar-refractivity contribution is -0.122. The van der Waals surface area contributed by atoms with Crippen LogP contribution in [0.5, 0.6) is 5.75 Å². The molecule has 4 heterocycles. The lowest BCUT2D eigenvalue weighted by Crippen LogP contribution is -2.54. The monoisotopic (exact) mass is 573 g/mol. The molecular formula is C28H28ClN9O3. The molecule has 0 spiro atoms. The normalized spacial score (nSPS) is 16.6. The fraction of sp³-hybridized carbons (Fsp3) is 0.286. The third kappa shape index (κ3) is 4.96. The van der Waals surface area contributed by atoms with Crippen molar-refractivity contribution in [2.24, 2.45) is 0 Å². The number of ether oxygens (including phenoxy) is 1. The molecule has 12 nitrogen and oxygen atoms in total. The van der Waals surface area contributed by atoms with Crippen molar-refractivity contribution in [3.63, 3.8) is 0 Å².